The number of aliphatic carboxylic acids is 1. The number of nitrogens with zero attached hydrogens (tertiary/aromatic N) is 1. The molecular weight excluding hydrogens is 282 g/mol. The average Bonchev–Trinajstić information content (AvgIpc) is 2.39. The fraction of sp³-hybridized carbons (Fsp3) is 0.462. The molecule has 0 spiro atoms. The maximum atomic E-state index is 12.4. The fourth-order valence-corrected chi connectivity index (χ4v) is 3.96. The number of hydrogen-bond acceptors (Lipinski definition) is 4. The third-order valence-corrected chi connectivity index (χ3v) is 5.03. The zero-order chi connectivity index (χ0) is 14.6. The number of carbonyl (C=O) groups is 1. The summed E-state index contributed by atoms with van der Waals surface area (Å²) in [4.78, 5) is 10.8. The molecular formula is C13H17NO5S. The van der Waals surface area contributed by atoms with Gasteiger partial charge in [-0.15, -0.1) is 0 Å². The Balaban J connectivity index is 2.15. The Morgan fingerprint density at radius 3 is 2.70 bits per heavy atom. The predicted octanol–water partition coefficient (Wildman–Crippen LogP) is 0.692. The summed E-state index contributed by atoms with van der Waals surface area (Å²) >= 11 is 0. The van der Waals surface area contributed by atoms with Crippen LogP contribution in [0.1, 0.15) is 12.0 Å². The zero-order valence-electron chi connectivity index (χ0n) is 10.9. The highest BCUT2D eigenvalue weighted by molar-refractivity contribution is 7.88. The van der Waals surface area contributed by atoms with Crippen LogP contribution >= 0.6 is 0 Å². The molecule has 1 aromatic carbocycles. The van der Waals surface area contributed by atoms with Crippen LogP contribution in [0.3, 0.4) is 0 Å². The van der Waals surface area contributed by atoms with Crippen LogP contribution in [0.15, 0.2) is 30.3 Å². The van der Waals surface area contributed by atoms with Crippen molar-refractivity contribution in [1.82, 2.24) is 4.31 Å². The van der Waals surface area contributed by atoms with Gasteiger partial charge >= 0.3 is 5.97 Å². The highest BCUT2D eigenvalue weighted by Crippen LogP contribution is 2.19. The molecule has 20 heavy (non-hydrogen) atoms. The number of morpholine rings is 1. The maximum Gasteiger partial charge on any atom is 0.305 e. The zero-order valence-corrected chi connectivity index (χ0v) is 11.8. The van der Waals surface area contributed by atoms with Gasteiger partial charge in [-0.3, -0.25) is 4.79 Å². The average molecular weight is 299 g/mol. The topological polar surface area (TPSA) is 83.9 Å². The van der Waals surface area contributed by atoms with Gasteiger partial charge in [0.05, 0.1) is 31.4 Å². The van der Waals surface area contributed by atoms with E-state index in [2.05, 4.69) is 0 Å². The second-order valence-electron chi connectivity index (χ2n) is 4.68. The Morgan fingerprint density at radius 1 is 1.35 bits per heavy atom. The van der Waals surface area contributed by atoms with Crippen LogP contribution in [0.4, 0.5) is 0 Å². The van der Waals surface area contributed by atoms with Gasteiger partial charge in [0, 0.05) is 6.54 Å². The quantitative estimate of drug-likeness (QED) is 0.865. The van der Waals surface area contributed by atoms with Crippen molar-refractivity contribution in [3.8, 4) is 0 Å². The highest BCUT2D eigenvalue weighted by atomic mass is 32.2. The van der Waals surface area contributed by atoms with E-state index in [1.165, 1.54) is 4.31 Å². The van der Waals surface area contributed by atoms with Crippen LogP contribution in [-0.4, -0.2) is 49.6 Å². The summed E-state index contributed by atoms with van der Waals surface area (Å²) in [6.07, 6.45) is -0.242. The van der Waals surface area contributed by atoms with Crippen molar-refractivity contribution in [1.29, 1.82) is 0 Å². The molecule has 1 aliphatic rings. The number of carboxylic acid groups (broad SMARTS) is 1. The van der Waals surface area contributed by atoms with Gasteiger partial charge in [0.2, 0.25) is 10.0 Å². The summed E-state index contributed by atoms with van der Waals surface area (Å²) in [6.45, 7) is 0.623. The molecule has 6 nitrogen and oxygen atoms in total. The monoisotopic (exact) mass is 299 g/mol. The Kier molecular flexibility index (Phi) is 4.74. The fourth-order valence-electron chi connectivity index (χ4n) is 2.24. The van der Waals surface area contributed by atoms with E-state index in [1.807, 2.05) is 6.07 Å². The molecule has 1 aromatic rings. The van der Waals surface area contributed by atoms with Crippen LogP contribution in [0.5, 0.6) is 0 Å². The van der Waals surface area contributed by atoms with Crippen LogP contribution in [0, 0.1) is 0 Å². The summed E-state index contributed by atoms with van der Waals surface area (Å²) in [5, 5.41) is 8.86. The molecule has 0 unspecified atom stereocenters. The second-order valence-corrected chi connectivity index (χ2v) is 6.60. The molecule has 0 saturated carbocycles. The van der Waals surface area contributed by atoms with Crippen LogP contribution in [-0.2, 0) is 25.3 Å². The lowest BCUT2D eigenvalue weighted by molar-refractivity contribution is -0.139. The van der Waals surface area contributed by atoms with E-state index < -0.39 is 22.0 Å². The number of rotatable bonds is 5. The van der Waals surface area contributed by atoms with E-state index in [0.717, 1.165) is 0 Å². The standard InChI is InChI=1S/C13H17NO5S/c15-13(16)8-12-9-19-7-6-14(12)20(17,18)10-11-4-2-1-3-5-11/h1-5,12H,6-10H2,(H,15,16)/t12-/m0/s1. The summed E-state index contributed by atoms with van der Waals surface area (Å²) in [6, 6.07) is 8.22. The van der Waals surface area contributed by atoms with E-state index in [1.54, 1.807) is 24.3 Å². The normalized spacial score (nSPS) is 20.7. The van der Waals surface area contributed by atoms with E-state index in [4.69, 9.17) is 9.84 Å². The van der Waals surface area contributed by atoms with Crippen molar-refractivity contribution in [2.45, 2.75) is 18.2 Å². The van der Waals surface area contributed by atoms with Gasteiger partial charge in [0.25, 0.3) is 0 Å². The molecule has 1 heterocycles. The molecule has 0 bridgehead atoms. The Labute approximate surface area is 118 Å². The molecule has 0 amide bonds. The number of carboxylic acids is 1. The summed E-state index contributed by atoms with van der Waals surface area (Å²) in [5.74, 6) is -1.15. The van der Waals surface area contributed by atoms with E-state index in [9.17, 15) is 13.2 Å². The van der Waals surface area contributed by atoms with Crippen molar-refractivity contribution in [3.05, 3.63) is 35.9 Å². The van der Waals surface area contributed by atoms with Crippen molar-refractivity contribution in [3.63, 3.8) is 0 Å². The summed E-state index contributed by atoms with van der Waals surface area (Å²) in [5.41, 5.74) is 0.688. The van der Waals surface area contributed by atoms with E-state index in [-0.39, 0.29) is 25.3 Å². The molecule has 1 atom stereocenters. The first-order valence-electron chi connectivity index (χ1n) is 6.32. The number of benzene rings is 1. The SMILES string of the molecule is O=C(O)C[C@H]1COCCN1S(=O)(=O)Cc1ccccc1. The molecule has 1 fully saturated rings. The van der Waals surface area contributed by atoms with E-state index >= 15 is 0 Å². The van der Waals surface area contributed by atoms with Gasteiger partial charge in [-0.2, -0.15) is 4.31 Å². The van der Waals surface area contributed by atoms with Gasteiger partial charge in [-0.1, -0.05) is 30.3 Å². The van der Waals surface area contributed by atoms with Gasteiger partial charge in [-0.05, 0) is 5.56 Å². The molecule has 0 aliphatic carbocycles. The van der Waals surface area contributed by atoms with Gasteiger partial charge in [-0.25, -0.2) is 8.42 Å². The molecule has 1 N–H and O–H groups in total. The smallest absolute Gasteiger partial charge is 0.305 e. The third-order valence-electron chi connectivity index (χ3n) is 3.13. The molecule has 0 radical (unpaired) electrons. The van der Waals surface area contributed by atoms with Crippen LogP contribution in [0.25, 0.3) is 0 Å². The Bertz CT molecular complexity index is 557. The van der Waals surface area contributed by atoms with Gasteiger partial charge < -0.3 is 9.84 Å². The van der Waals surface area contributed by atoms with Crippen molar-refractivity contribution >= 4 is 16.0 Å². The largest absolute Gasteiger partial charge is 0.481 e. The Hall–Kier alpha value is -1.44. The lowest BCUT2D eigenvalue weighted by Crippen LogP contribution is -2.49. The molecule has 7 heteroatoms. The van der Waals surface area contributed by atoms with Crippen LogP contribution < -0.4 is 0 Å². The van der Waals surface area contributed by atoms with Crippen molar-refractivity contribution in [2.24, 2.45) is 0 Å². The first kappa shape index (κ1) is 15.0. The van der Waals surface area contributed by atoms with Gasteiger partial charge in [0.15, 0.2) is 0 Å². The molecule has 1 saturated heterocycles. The predicted molar refractivity (Wildman–Crippen MR) is 72.6 cm³/mol. The molecule has 110 valence electrons. The van der Waals surface area contributed by atoms with Crippen LogP contribution in [0.2, 0.25) is 0 Å². The number of ether oxygens (including phenoxy) is 1. The lowest BCUT2D eigenvalue weighted by Gasteiger charge is -2.33. The third kappa shape index (κ3) is 3.78. The van der Waals surface area contributed by atoms with E-state index in [0.29, 0.717) is 12.2 Å². The number of hydrogen-bond donors (Lipinski definition) is 1. The first-order chi connectivity index (χ1) is 9.49. The summed E-state index contributed by atoms with van der Waals surface area (Å²) in [7, 11) is -3.54. The van der Waals surface area contributed by atoms with Gasteiger partial charge in [0.1, 0.15) is 0 Å². The second kappa shape index (κ2) is 6.34. The lowest BCUT2D eigenvalue weighted by atomic mass is 10.2. The minimum absolute atomic E-state index is 0.121. The minimum Gasteiger partial charge on any atom is -0.481 e. The highest BCUT2D eigenvalue weighted by Gasteiger charge is 2.34. The van der Waals surface area contributed by atoms with Crippen molar-refractivity contribution < 1.29 is 23.1 Å². The summed E-state index contributed by atoms with van der Waals surface area (Å²) < 4.78 is 31.3. The first-order valence-corrected chi connectivity index (χ1v) is 7.93. The molecule has 2 rings (SSSR count). The molecule has 0 aromatic heterocycles. The van der Waals surface area contributed by atoms with Crippen molar-refractivity contribution in [2.75, 3.05) is 19.8 Å². The minimum atomic E-state index is -3.54. The maximum absolute atomic E-state index is 12.4. The number of sulfonamides is 1. The Morgan fingerprint density at radius 2 is 2.05 bits per heavy atom. The molecule has 1 aliphatic heterocycles.